The first-order chi connectivity index (χ1) is 9.45. The second-order valence-corrected chi connectivity index (χ2v) is 5.03. The number of rotatable bonds is 5. The number of halogens is 3. The Morgan fingerprint density at radius 1 is 1.38 bits per heavy atom. The number of benzene rings is 1. The SMILES string of the molecule is CC(C)(CNc1ccc([N+](=O)[O-])c(C(F)(F)F)c1)C(=O)O. The van der Waals surface area contributed by atoms with Crippen LogP contribution in [0.3, 0.4) is 0 Å². The molecule has 0 saturated carbocycles. The first-order valence-corrected chi connectivity index (χ1v) is 5.78. The molecule has 9 heteroatoms. The Morgan fingerprint density at radius 2 is 1.95 bits per heavy atom. The molecule has 116 valence electrons. The minimum Gasteiger partial charge on any atom is -0.481 e. The second-order valence-electron chi connectivity index (χ2n) is 5.03. The summed E-state index contributed by atoms with van der Waals surface area (Å²) >= 11 is 0. The lowest BCUT2D eigenvalue weighted by Crippen LogP contribution is -2.31. The topological polar surface area (TPSA) is 92.5 Å². The van der Waals surface area contributed by atoms with E-state index in [-0.39, 0.29) is 12.2 Å². The fourth-order valence-electron chi connectivity index (χ4n) is 1.43. The highest BCUT2D eigenvalue weighted by atomic mass is 19.4. The van der Waals surface area contributed by atoms with E-state index in [2.05, 4.69) is 5.32 Å². The molecule has 0 aliphatic rings. The average molecular weight is 306 g/mol. The van der Waals surface area contributed by atoms with Crippen LogP contribution in [-0.4, -0.2) is 22.5 Å². The van der Waals surface area contributed by atoms with E-state index in [0.717, 1.165) is 12.1 Å². The molecule has 0 heterocycles. The van der Waals surface area contributed by atoms with Crippen LogP contribution >= 0.6 is 0 Å². The lowest BCUT2D eigenvalue weighted by molar-refractivity contribution is -0.388. The molecule has 1 aromatic rings. The van der Waals surface area contributed by atoms with Crippen LogP contribution in [-0.2, 0) is 11.0 Å². The van der Waals surface area contributed by atoms with Crippen LogP contribution in [0.2, 0.25) is 0 Å². The third kappa shape index (κ3) is 4.07. The predicted octanol–water partition coefficient (Wildman–Crippen LogP) is 3.14. The van der Waals surface area contributed by atoms with Gasteiger partial charge in [-0.2, -0.15) is 13.2 Å². The fourth-order valence-corrected chi connectivity index (χ4v) is 1.43. The average Bonchev–Trinajstić information content (AvgIpc) is 2.34. The molecule has 21 heavy (non-hydrogen) atoms. The lowest BCUT2D eigenvalue weighted by atomic mass is 9.94. The Bertz CT molecular complexity index is 570. The number of nitro groups is 1. The molecule has 0 aliphatic heterocycles. The molecule has 0 spiro atoms. The minimum absolute atomic E-state index is 0.0396. The van der Waals surface area contributed by atoms with Gasteiger partial charge in [-0.05, 0) is 26.0 Å². The predicted molar refractivity (Wildman–Crippen MR) is 68.0 cm³/mol. The molecular formula is C12H13F3N2O4. The summed E-state index contributed by atoms with van der Waals surface area (Å²) in [5.74, 6) is -1.12. The maximum Gasteiger partial charge on any atom is 0.423 e. The number of carboxylic acid groups (broad SMARTS) is 1. The van der Waals surface area contributed by atoms with Crippen LogP contribution in [0.4, 0.5) is 24.5 Å². The molecule has 0 saturated heterocycles. The molecule has 1 rings (SSSR count). The summed E-state index contributed by atoms with van der Waals surface area (Å²) in [6, 6.07) is 2.43. The van der Waals surface area contributed by atoms with Crippen LogP contribution in [0.5, 0.6) is 0 Å². The largest absolute Gasteiger partial charge is 0.481 e. The van der Waals surface area contributed by atoms with Crippen LogP contribution in [0.15, 0.2) is 18.2 Å². The number of anilines is 1. The van der Waals surface area contributed by atoms with Gasteiger partial charge in [0.1, 0.15) is 5.56 Å². The molecule has 0 unspecified atom stereocenters. The zero-order valence-corrected chi connectivity index (χ0v) is 11.2. The van der Waals surface area contributed by atoms with E-state index in [9.17, 15) is 28.1 Å². The monoisotopic (exact) mass is 306 g/mol. The molecule has 0 fully saturated rings. The van der Waals surface area contributed by atoms with Gasteiger partial charge in [0.05, 0.1) is 10.3 Å². The summed E-state index contributed by atoms with van der Waals surface area (Å²) in [6.07, 6.45) is -4.87. The van der Waals surface area contributed by atoms with Gasteiger partial charge in [0, 0.05) is 18.3 Å². The van der Waals surface area contributed by atoms with Crippen molar-refractivity contribution in [2.24, 2.45) is 5.41 Å². The lowest BCUT2D eigenvalue weighted by Gasteiger charge is -2.20. The maximum atomic E-state index is 12.8. The molecule has 0 aromatic heterocycles. The van der Waals surface area contributed by atoms with Gasteiger partial charge >= 0.3 is 12.1 Å². The van der Waals surface area contributed by atoms with Crippen molar-refractivity contribution in [2.75, 3.05) is 11.9 Å². The number of alkyl halides is 3. The van der Waals surface area contributed by atoms with Crippen molar-refractivity contribution in [3.63, 3.8) is 0 Å². The van der Waals surface area contributed by atoms with Gasteiger partial charge in [0.2, 0.25) is 0 Å². The normalized spacial score (nSPS) is 12.0. The van der Waals surface area contributed by atoms with Gasteiger partial charge < -0.3 is 10.4 Å². The molecular weight excluding hydrogens is 293 g/mol. The maximum absolute atomic E-state index is 12.8. The summed E-state index contributed by atoms with van der Waals surface area (Å²) in [4.78, 5) is 20.4. The second kappa shape index (κ2) is 5.58. The number of nitro benzene ring substituents is 1. The van der Waals surface area contributed by atoms with Gasteiger partial charge in [-0.1, -0.05) is 0 Å². The third-order valence-electron chi connectivity index (χ3n) is 2.81. The highest BCUT2D eigenvalue weighted by molar-refractivity contribution is 5.74. The summed E-state index contributed by atoms with van der Waals surface area (Å²) < 4.78 is 38.3. The van der Waals surface area contributed by atoms with Gasteiger partial charge in [0.15, 0.2) is 0 Å². The van der Waals surface area contributed by atoms with Crippen LogP contribution < -0.4 is 5.32 Å². The standard InChI is InChI=1S/C12H13F3N2O4/c1-11(2,10(18)19)6-16-7-3-4-9(17(20)21)8(5-7)12(13,14)15/h3-5,16H,6H2,1-2H3,(H,18,19). The molecule has 2 N–H and O–H groups in total. The first-order valence-electron chi connectivity index (χ1n) is 5.78. The Morgan fingerprint density at radius 3 is 2.38 bits per heavy atom. The zero-order valence-electron chi connectivity index (χ0n) is 11.2. The highest BCUT2D eigenvalue weighted by Crippen LogP contribution is 2.37. The Hall–Kier alpha value is -2.32. The highest BCUT2D eigenvalue weighted by Gasteiger charge is 2.38. The van der Waals surface area contributed by atoms with Crippen molar-refractivity contribution in [3.8, 4) is 0 Å². The summed E-state index contributed by atoms with van der Waals surface area (Å²) in [5, 5.41) is 22.0. The van der Waals surface area contributed by atoms with Crippen molar-refractivity contribution >= 4 is 17.3 Å². The van der Waals surface area contributed by atoms with Crippen molar-refractivity contribution in [1.29, 1.82) is 0 Å². The minimum atomic E-state index is -4.87. The van der Waals surface area contributed by atoms with Crippen molar-refractivity contribution < 1.29 is 28.0 Å². The van der Waals surface area contributed by atoms with Crippen LogP contribution in [0.25, 0.3) is 0 Å². The summed E-state index contributed by atoms with van der Waals surface area (Å²) in [5.41, 5.74) is -3.67. The quantitative estimate of drug-likeness (QED) is 0.644. The number of carbonyl (C=O) groups is 1. The van der Waals surface area contributed by atoms with Crippen molar-refractivity contribution in [3.05, 3.63) is 33.9 Å². The van der Waals surface area contributed by atoms with Crippen molar-refractivity contribution in [1.82, 2.24) is 0 Å². The Balaban J connectivity index is 3.07. The number of hydrogen-bond donors (Lipinski definition) is 2. The van der Waals surface area contributed by atoms with E-state index in [1.165, 1.54) is 13.8 Å². The fraction of sp³-hybridized carbons (Fsp3) is 0.417. The van der Waals surface area contributed by atoms with Gasteiger partial charge in [-0.25, -0.2) is 0 Å². The molecule has 6 nitrogen and oxygen atoms in total. The Labute approximate surface area is 117 Å². The molecule has 0 amide bonds. The summed E-state index contributed by atoms with van der Waals surface area (Å²) in [6.45, 7) is 2.67. The van der Waals surface area contributed by atoms with E-state index in [0.29, 0.717) is 6.07 Å². The zero-order chi connectivity index (χ0) is 16.4. The molecule has 1 aromatic carbocycles. The molecule has 0 aliphatic carbocycles. The molecule has 0 atom stereocenters. The number of aliphatic carboxylic acids is 1. The number of nitrogens with zero attached hydrogens (tertiary/aromatic N) is 1. The molecule has 0 radical (unpaired) electrons. The van der Waals surface area contributed by atoms with Gasteiger partial charge in [-0.3, -0.25) is 14.9 Å². The van der Waals surface area contributed by atoms with E-state index < -0.39 is 33.7 Å². The molecule has 0 bridgehead atoms. The smallest absolute Gasteiger partial charge is 0.423 e. The van der Waals surface area contributed by atoms with Crippen LogP contribution in [0.1, 0.15) is 19.4 Å². The number of nitrogens with one attached hydrogen (secondary N) is 1. The van der Waals surface area contributed by atoms with E-state index in [1.807, 2.05) is 0 Å². The Kier molecular flexibility index (Phi) is 4.45. The van der Waals surface area contributed by atoms with E-state index in [4.69, 9.17) is 5.11 Å². The third-order valence-corrected chi connectivity index (χ3v) is 2.81. The first kappa shape index (κ1) is 16.7. The van der Waals surface area contributed by atoms with E-state index in [1.54, 1.807) is 0 Å². The number of carboxylic acids is 1. The van der Waals surface area contributed by atoms with Gasteiger partial charge in [-0.15, -0.1) is 0 Å². The van der Waals surface area contributed by atoms with E-state index >= 15 is 0 Å². The summed E-state index contributed by atoms with van der Waals surface area (Å²) in [7, 11) is 0. The van der Waals surface area contributed by atoms with Crippen LogP contribution in [0, 0.1) is 15.5 Å². The number of hydrogen-bond acceptors (Lipinski definition) is 4. The van der Waals surface area contributed by atoms with Gasteiger partial charge in [0.25, 0.3) is 5.69 Å². The van der Waals surface area contributed by atoms with Crippen molar-refractivity contribution in [2.45, 2.75) is 20.0 Å².